The molecule has 0 fully saturated rings. The van der Waals surface area contributed by atoms with Crippen LogP contribution in [0.3, 0.4) is 0 Å². The van der Waals surface area contributed by atoms with Crippen LogP contribution in [-0.2, 0) is 0 Å². The zero-order valence-corrected chi connectivity index (χ0v) is 12.9. The standard InChI is InChI=1S/C14H17N5OS/c1-8-5-4-6-11(10(8)3)16-14(21)19-18-13-15-9(2)7-12(20)17-13/h4-7H,1-3H3,(H2,16,19,21)(H2,15,17,18,20). The third-order valence-corrected chi connectivity index (χ3v) is 3.22. The van der Waals surface area contributed by atoms with Crippen molar-refractivity contribution in [1.82, 2.24) is 15.4 Å². The first-order valence-corrected chi connectivity index (χ1v) is 6.84. The molecule has 0 aliphatic carbocycles. The smallest absolute Gasteiger partial charge is 0.252 e. The van der Waals surface area contributed by atoms with Crippen molar-refractivity contribution < 1.29 is 0 Å². The lowest BCUT2D eigenvalue weighted by molar-refractivity contribution is 0.995. The molecule has 2 aromatic rings. The average Bonchev–Trinajstić information content (AvgIpc) is 2.41. The van der Waals surface area contributed by atoms with Gasteiger partial charge in [-0.3, -0.25) is 20.6 Å². The summed E-state index contributed by atoms with van der Waals surface area (Å²) in [7, 11) is 0. The van der Waals surface area contributed by atoms with Crippen LogP contribution in [-0.4, -0.2) is 15.1 Å². The van der Waals surface area contributed by atoms with E-state index in [0.29, 0.717) is 16.8 Å². The molecule has 0 spiro atoms. The van der Waals surface area contributed by atoms with E-state index in [1.807, 2.05) is 32.0 Å². The van der Waals surface area contributed by atoms with Crippen LogP contribution in [0.25, 0.3) is 0 Å². The monoisotopic (exact) mass is 303 g/mol. The number of nitrogens with one attached hydrogen (secondary N) is 4. The third kappa shape index (κ3) is 4.03. The van der Waals surface area contributed by atoms with Crippen LogP contribution in [0, 0.1) is 20.8 Å². The Morgan fingerprint density at radius 3 is 2.76 bits per heavy atom. The van der Waals surface area contributed by atoms with Crippen LogP contribution in [0.1, 0.15) is 16.8 Å². The first kappa shape index (κ1) is 15.0. The minimum Gasteiger partial charge on any atom is -0.331 e. The third-order valence-electron chi connectivity index (χ3n) is 3.02. The molecule has 0 saturated heterocycles. The van der Waals surface area contributed by atoms with E-state index in [0.717, 1.165) is 11.3 Å². The minimum absolute atomic E-state index is 0.222. The predicted octanol–water partition coefficient (Wildman–Crippen LogP) is 2.01. The van der Waals surface area contributed by atoms with Crippen molar-refractivity contribution in [3.05, 3.63) is 51.4 Å². The number of aromatic amines is 1. The molecule has 0 aliphatic rings. The van der Waals surface area contributed by atoms with Gasteiger partial charge in [-0.15, -0.1) is 0 Å². The van der Waals surface area contributed by atoms with Gasteiger partial charge in [-0.1, -0.05) is 12.1 Å². The summed E-state index contributed by atoms with van der Waals surface area (Å²) < 4.78 is 0. The number of anilines is 2. The van der Waals surface area contributed by atoms with Crippen molar-refractivity contribution in [3.63, 3.8) is 0 Å². The second-order valence-electron chi connectivity index (χ2n) is 4.69. The lowest BCUT2D eigenvalue weighted by atomic mass is 10.1. The highest BCUT2D eigenvalue weighted by Crippen LogP contribution is 2.17. The largest absolute Gasteiger partial charge is 0.331 e. The molecule has 1 aromatic heterocycles. The Morgan fingerprint density at radius 2 is 2.05 bits per heavy atom. The van der Waals surface area contributed by atoms with Gasteiger partial charge in [-0.25, -0.2) is 4.98 Å². The van der Waals surface area contributed by atoms with E-state index in [9.17, 15) is 4.79 Å². The number of H-pyrrole nitrogens is 1. The molecule has 4 N–H and O–H groups in total. The number of aryl methyl sites for hydroxylation is 2. The van der Waals surface area contributed by atoms with Gasteiger partial charge in [-0.05, 0) is 50.2 Å². The molecule has 0 radical (unpaired) electrons. The normalized spacial score (nSPS) is 10.0. The van der Waals surface area contributed by atoms with Crippen molar-refractivity contribution in [1.29, 1.82) is 0 Å². The first-order chi connectivity index (χ1) is 9.95. The average molecular weight is 303 g/mol. The molecular formula is C14H17N5OS. The maximum absolute atomic E-state index is 11.3. The predicted molar refractivity (Wildman–Crippen MR) is 88.5 cm³/mol. The molecule has 0 saturated carbocycles. The lowest BCUT2D eigenvalue weighted by Gasteiger charge is -2.14. The van der Waals surface area contributed by atoms with Crippen molar-refractivity contribution >= 4 is 29.0 Å². The highest BCUT2D eigenvalue weighted by molar-refractivity contribution is 7.80. The van der Waals surface area contributed by atoms with Crippen LogP contribution in [0.2, 0.25) is 0 Å². The number of nitrogens with zero attached hydrogens (tertiary/aromatic N) is 1. The summed E-state index contributed by atoms with van der Waals surface area (Å²) in [5.74, 6) is 0.310. The second kappa shape index (κ2) is 6.36. The molecule has 1 heterocycles. The van der Waals surface area contributed by atoms with Crippen molar-refractivity contribution in [2.75, 3.05) is 10.7 Å². The Labute approximate surface area is 128 Å². The quantitative estimate of drug-likeness (QED) is 0.513. The van der Waals surface area contributed by atoms with E-state index in [1.165, 1.54) is 11.6 Å². The van der Waals surface area contributed by atoms with E-state index in [1.54, 1.807) is 6.92 Å². The number of hydrazine groups is 1. The van der Waals surface area contributed by atoms with Crippen molar-refractivity contribution in [3.8, 4) is 0 Å². The first-order valence-electron chi connectivity index (χ1n) is 6.43. The van der Waals surface area contributed by atoms with Gasteiger partial charge in [0.2, 0.25) is 5.95 Å². The van der Waals surface area contributed by atoms with Crippen LogP contribution in [0.15, 0.2) is 29.1 Å². The second-order valence-corrected chi connectivity index (χ2v) is 5.10. The van der Waals surface area contributed by atoms with Crippen LogP contribution in [0.4, 0.5) is 11.6 Å². The molecule has 0 unspecified atom stereocenters. The fourth-order valence-corrected chi connectivity index (χ4v) is 1.96. The van der Waals surface area contributed by atoms with Crippen molar-refractivity contribution in [2.45, 2.75) is 20.8 Å². The molecular weight excluding hydrogens is 286 g/mol. The number of hydrogen-bond acceptors (Lipinski definition) is 4. The Hall–Kier alpha value is -2.41. The molecule has 21 heavy (non-hydrogen) atoms. The zero-order valence-electron chi connectivity index (χ0n) is 12.1. The van der Waals surface area contributed by atoms with Gasteiger partial charge in [0.25, 0.3) is 5.56 Å². The fraction of sp³-hybridized carbons (Fsp3) is 0.214. The Kier molecular flexibility index (Phi) is 4.54. The van der Waals surface area contributed by atoms with E-state index in [4.69, 9.17) is 12.2 Å². The molecule has 0 aliphatic heterocycles. The van der Waals surface area contributed by atoms with E-state index < -0.39 is 0 Å². The van der Waals surface area contributed by atoms with Gasteiger partial charge in [-0.2, -0.15) is 0 Å². The van der Waals surface area contributed by atoms with Crippen LogP contribution < -0.4 is 21.7 Å². The Morgan fingerprint density at radius 1 is 1.29 bits per heavy atom. The number of aromatic nitrogens is 2. The molecule has 110 valence electrons. The van der Waals surface area contributed by atoms with Crippen LogP contribution in [0.5, 0.6) is 0 Å². The van der Waals surface area contributed by atoms with E-state index >= 15 is 0 Å². The highest BCUT2D eigenvalue weighted by atomic mass is 32.1. The van der Waals surface area contributed by atoms with Crippen LogP contribution >= 0.6 is 12.2 Å². The number of benzene rings is 1. The van der Waals surface area contributed by atoms with Gasteiger partial charge in [0.1, 0.15) is 0 Å². The molecule has 0 atom stereocenters. The highest BCUT2D eigenvalue weighted by Gasteiger charge is 2.03. The molecule has 7 heteroatoms. The van der Waals surface area contributed by atoms with E-state index in [-0.39, 0.29) is 5.56 Å². The molecule has 0 bridgehead atoms. The number of rotatable bonds is 3. The molecule has 0 amide bonds. The van der Waals surface area contributed by atoms with Gasteiger partial charge < -0.3 is 5.32 Å². The summed E-state index contributed by atoms with van der Waals surface area (Å²) in [6.07, 6.45) is 0. The van der Waals surface area contributed by atoms with Gasteiger partial charge in [0.05, 0.1) is 0 Å². The van der Waals surface area contributed by atoms with E-state index in [2.05, 4.69) is 26.1 Å². The maximum atomic E-state index is 11.3. The number of thiocarbonyl (C=S) groups is 1. The summed E-state index contributed by atoms with van der Waals surface area (Å²) >= 11 is 5.20. The fourth-order valence-electron chi connectivity index (χ4n) is 1.79. The molecule has 6 nitrogen and oxygen atoms in total. The summed E-state index contributed by atoms with van der Waals surface area (Å²) in [6, 6.07) is 7.36. The zero-order chi connectivity index (χ0) is 15.4. The minimum atomic E-state index is -0.222. The molecule has 2 rings (SSSR count). The Balaban J connectivity index is 1.99. The summed E-state index contributed by atoms with van der Waals surface area (Å²) in [4.78, 5) is 18.0. The van der Waals surface area contributed by atoms with Gasteiger partial charge in [0.15, 0.2) is 5.11 Å². The summed E-state index contributed by atoms with van der Waals surface area (Å²) in [5.41, 5.74) is 9.19. The summed E-state index contributed by atoms with van der Waals surface area (Å²) in [5, 5.41) is 3.47. The SMILES string of the molecule is Cc1cc(=O)[nH]c(NNC(=S)Nc2cccc(C)c2C)n1. The van der Waals surface area contributed by atoms with Gasteiger partial charge >= 0.3 is 0 Å². The lowest BCUT2D eigenvalue weighted by Crippen LogP contribution is -2.35. The molecule has 1 aromatic carbocycles. The topological polar surface area (TPSA) is 81.8 Å². The Bertz CT molecular complexity index is 726. The maximum Gasteiger partial charge on any atom is 0.252 e. The van der Waals surface area contributed by atoms with Gasteiger partial charge in [0, 0.05) is 17.4 Å². The summed E-state index contributed by atoms with van der Waals surface area (Å²) in [6.45, 7) is 5.80. The number of hydrogen-bond donors (Lipinski definition) is 4. The van der Waals surface area contributed by atoms with Crippen molar-refractivity contribution in [2.24, 2.45) is 0 Å².